The van der Waals surface area contributed by atoms with Gasteiger partial charge in [-0.15, -0.1) is 0 Å². The third-order valence-electron chi connectivity index (χ3n) is 8.97. The van der Waals surface area contributed by atoms with Gasteiger partial charge in [0.2, 0.25) is 0 Å². The minimum absolute atomic E-state index is 0.653. The van der Waals surface area contributed by atoms with Crippen molar-refractivity contribution < 1.29 is 4.42 Å². The number of fused-ring (bicyclic) bond motifs is 4. The van der Waals surface area contributed by atoms with E-state index in [0.29, 0.717) is 5.92 Å². The first kappa shape index (κ1) is 32.0. The van der Waals surface area contributed by atoms with Gasteiger partial charge in [0.25, 0.3) is 0 Å². The lowest BCUT2D eigenvalue weighted by atomic mass is 9.94. The van der Waals surface area contributed by atoms with Crippen LogP contribution in [0.3, 0.4) is 0 Å². The molecule has 4 rings (SSSR count). The van der Waals surface area contributed by atoms with E-state index in [2.05, 4.69) is 81.2 Å². The largest absolute Gasteiger partial charge is 0.453 e. The Morgan fingerprint density at radius 3 is 2.00 bits per heavy atom. The van der Waals surface area contributed by atoms with Gasteiger partial charge in [0.1, 0.15) is 11.2 Å². The standard InChI is InChI=1S/C38H55N3O/c1-5-8-10-12-14-16-18-22-30(21-17-15-13-11-9-6-2)29-39-35-28-37-38(33-24-20-19-23-32(33)35)40-34-26-25-31(41(4)7-3)27-36(34)42-37/h19-20,23-28,30H,5-18,21-22,29H2,1-4H3/b39-35+. The molecule has 0 aromatic heterocycles. The Morgan fingerprint density at radius 2 is 1.36 bits per heavy atom. The predicted molar refractivity (Wildman–Crippen MR) is 182 cm³/mol. The van der Waals surface area contributed by atoms with Gasteiger partial charge in [0, 0.05) is 48.7 Å². The van der Waals surface area contributed by atoms with Crippen molar-refractivity contribution in [2.24, 2.45) is 10.9 Å². The van der Waals surface area contributed by atoms with Crippen LogP contribution in [0, 0.1) is 5.92 Å². The molecule has 1 aliphatic heterocycles. The fourth-order valence-corrected chi connectivity index (χ4v) is 6.13. The summed E-state index contributed by atoms with van der Waals surface area (Å²) in [6, 6.07) is 17.0. The summed E-state index contributed by atoms with van der Waals surface area (Å²) in [4.78, 5) is 12.6. The van der Waals surface area contributed by atoms with Gasteiger partial charge in [-0.3, -0.25) is 4.99 Å². The van der Waals surface area contributed by atoms with Crippen molar-refractivity contribution in [3.05, 3.63) is 53.9 Å². The average Bonchev–Trinajstić information content (AvgIpc) is 3.02. The van der Waals surface area contributed by atoms with Gasteiger partial charge < -0.3 is 9.32 Å². The molecule has 0 saturated heterocycles. The maximum Gasteiger partial charge on any atom is 0.155 e. The van der Waals surface area contributed by atoms with E-state index in [9.17, 15) is 0 Å². The fourth-order valence-electron chi connectivity index (χ4n) is 6.13. The number of benzene rings is 3. The topological polar surface area (TPSA) is 41.6 Å². The summed E-state index contributed by atoms with van der Waals surface area (Å²) in [5.41, 5.74) is 3.77. The first-order valence-corrected chi connectivity index (χ1v) is 17.1. The summed E-state index contributed by atoms with van der Waals surface area (Å²) in [5, 5.41) is 3.33. The van der Waals surface area contributed by atoms with Gasteiger partial charge in [0.05, 0.1) is 5.36 Å². The highest BCUT2D eigenvalue weighted by atomic mass is 16.3. The monoisotopic (exact) mass is 569 g/mol. The molecule has 42 heavy (non-hydrogen) atoms. The molecular formula is C38H55N3O. The molecule has 0 spiro atoms. The van der Waals surface area contributed by atoms with Crippen LogP contribution in [0.25, 0.3) is 33.3 Å². The zero-order valence-corrected chi connectivity index (χ0v) is 27.0. The molecule has 4 nitrogen and oxygen atoms in total. The summed E-state index contributed by atoms with van der Waals surface area (Å²) in [5.74, 6) is 1.47. The molecule has 228 valence electrons. The van der Waals surface area contributed by atoms with Crippen molar-refractivity contribution in [3.8, 4) is 11.5 Å². The quantitative estimate of drug-likeness (QED) is 0.0640. The molecule has 2 aromatic rings. The van der Waals surface area contributed by atoms with Crippen LogP contribution in [0.2, 0.25) is 0 Å². The summed E-state index contributed by atoms with van der Waals surface area (Å²) in [7, 11) is 2.11. The SMILES string of the molecule is CCCCCCCCCC(CCCCCCCC)C/N=c1\cc2oc3cc(N(C)CC)ccc3nc-2c2ccccc12. The number of aromatic nitrogens is 1. The normalized spacial score (nSPS) is 13.0. The van der Waals surface area contributed by atoms with Gasteiger partial charge in [-0.25, -0.2) is 4.98 Å². The van der Waals surface area contributed by atoms with Crippen molar-refractivity contribution in [3.63, 3.8) is 0 Å². The average molecular weight is 570 g/mol. The van der Waals surface area contributed by atoms with Gasteiger partial charge in [0.15, 0.2) is 11.3 Å². The molecular weight excluding hydrogens is 514 g/mol. The molecule has 1 heterocycles. The maximum atomic E-state index is 6.52. The molecule has 0 fully saturated rings. The predicted octanol–water partition coefficient (Wildman–Crippen LogP) is 11.0. The minimum Gasteiger partial charge on any atom is -0.453 e. The fraction of sp³-hybridized carbons (Fsp3) is 0.579. The second-order valence-corrected chi connectivity index (χ2v) is 12.3. The van der Waals surface area contributed by atoms with Crippen molar-refractivity contribution in [1.29, 1.82) is 0 Å². The van der Waals surface area contributed by atoms with Crippen LogP contribution in [0.4, 0.5) is 5.69 Å². The van der Waals surface area contributed by atoms with E-state index in [-0.39, 0.29) is 0 Å². The van der Waals surface area contributed by atoms with E-state index in [1.54, 1.807) is 0 Å². The molecule has 1 unspecified atom stereocenters. The van der Waals surface area contributed by atoms with Gasteiger partial charge in [-0.05, 0) is 37.8 Å². The lowest BCUT2D eigenvalue weighted by Gasteiger charge is -2.17. The zero-order valence-electron chi connectivity index (χ0n) is 27.0. The molecule has 4 heteroatoms. The van der Waals surface area contributed by atoms with Crippen molar-refractivity contribution in [2.45, 2.75) is 117 Å². The number of hydrogen-bond acceptors (Lipinski definition) is 4. The number of rotatable bonds is 19. The zero-order chi connectivity index (χ0) is 29.6. The smallest absolute Gasteiger partial charge is 0.155 e. The highest BCUT2D eigenvalue weighted by molar-refractivity contribution is 5.96. The van der Waals surface area contributed by atoms with Crippen LogP contribution >= 0.6 is 0 Å². The number of nitrogens with zero attached hydrogens (tertiary/aromatic N) is 3. The second-order valence-electron chi connectivity index (χ2n) is 12.3. The lowest BCUT2D eigenvalue weighted by Crippen LogP contribution is -2.15. The summed E-state index contributed by atoms with van der Waals surface area (Å²) in [6.07, 6.45) is 20.3. The molecule has 1 atom stereocenters. The van der Waals surface area contributed by atoms with Crippen molar-refractivity contribution in [1.82, 2.24) is 4.98 Å². The number of anilines is 1. The van der Waals surface area contributed by atoms with E-state index in [1.807, 2.05) is 0 Å². The van der Waals surface area contributed by atoms with Gasteiger partial charge >= 0.3 is 0 Å². The Hall–Kier alpha value is -2.88. The molecule has 0 bridgehead atoms. The number of hydrogen-bond donors (Lipinski definition) is 0. The van der Waals surface area contributed by atoms with Crippen LogP contribution in [-0.4, -0.2) is 25.1 Å². The van der Waals surface area contributed by atoms with E-state index < -0.39 is 0 Å². The van der Waals surface area contributed by atoms with Crippen LogP contribution in [0.15, 0.2) is 57.9 Å². The van der Waals surface area contributed by atoms with Crippen LogP contribution < -0.4 is 10.3 Å². The maximum absolute atomic E-state index is 6.52. The van der Waals surface area contributed by atoms with Crippen molar-refractivity contribution >= 4 is 27.6 Å². The summed E-state index contributed by atoms with van der Waals surface area (Å²) >= 11 is 0. The van der Waals surface area contributed by atoms with E-state index >= 15 is 0 Å². The van der Waals surface area contributed by atoms with E-state index in [4.69, 9.17) is 14.4 Å². The first-order valence-electron chi connectivity index (χ1n) is 17.1. The molecule has 2 aliphatic rings. The highest BCUT2D eigenvalue weighted by Gasteiger charge is 2.16. The van der Waals surface area contributed by atoms with Crippen LogP contribution in [0.5, 0.6) is 0 Å². The molecule has 0 radical (unpaired) electrons. The summed E-state index contributed by atoms with van der Waals surface area (Å²) in [6.45, 7) is 8.59. The van der Waals surface area contributed by atoms with Crippen molar-refractivity contribution in [2.75, 3.05) is 25.0 Å². The number of unbranched alkanes of at least 4 members (excludes halogenated alkanes) is 11. The molecule has 1 aliphatic carbocycles. The van der Waals surface area contributed by atoms with Crippen LogP contribution in [-0.2, 0) is 0 Å². The van der Waals surface area contributed by atoms with Gasteiger partial charge in [-0.1, -0.05) is 122 Å². The minimum atomic E-state index is 0.653. The summed E-state index contributed by atoms with van der Waals surface area (Å²) < 4.78 is 6.52. The van der Waals surface area contributed by atoms with E-state index in [1.165, 1.54) is 102 Å². The molecule has 0 N–H and O–H groups in total. The molecule has 0 amide bonds. The second kappa shape index (κ2) is 17.3. The lowest BCUT2D eigenvalue weighted by molar-refractivity contribution is 0.409. The van der Waals surface area contributed by atoms with Gasteiger partial charge in [-0.2, -0.15) is 0 Å². The molecule has 0 saturated carbocycles. The Morgan fingerprint density at radius 1 is 0.738 bits per heavy atom. The third kappa shape index (κ3) is 9.06. The van der Waals surface area contributed by atoms with Crippen LogP contribution in [0.1, 0.15) is 117 Å². The Balaban J connectivity index is 1.56. The Kier molecular flexibility index (Phi) is 13.2. The highest BCUT2D eigenvalue weighted by Crippen LogP contribution is 2.31. The first-order chi connectivity index (χ1) is 20.6. The third-order valence-corrected chi connectivity index (χ3v) is 8.97. The molecule has 2 aromatic carbocycles. The Labute approximate surface area is 255 Å². The van der Waals surface area contributed by atoms with E-state index in [0.717, 1.165) is 52.1 Å². The Bertz CT molecular complexity index is 1390.